The van der Waals surface area contributed by atoms with E-state index in [-0.39, 0.29) is 17.9 Å². The monoisotopic (exact) mass is 392 g/mol. The van der Waals surface area contributed by atoms with Gasteiger partial charge in [0.05, 0.1) is 12.3 Å². The number of guanidine groups is 1. The van der Waals surface area contributed by atoms with Gasteiger partial charge in [-0.25, -0.2) is 13.2 Å². The molecule has 1 amide bonds. The Kier molecular flexibility index (Phi) is 10.6. The minimum Gasteiger partial charge on any atom is -0.444 e. The lowest BCUT2D eigenvalue weighted by Gasteiger charge is -2.26. The van der Waals surface area contributed by atoms with E-state index in [2.05, 4.69) is 15.6 Å². The van der Waals surface area contributed by atoms with Crippen molar-refractivity contribution in [3.63, 3.8) is 0 Å². The summed E-state index contributed by atoms with van der Waals surface area (Å²) in [5.74, 6) is 0.733. The van der Waals surface area contributed by atoms with Crippen molar-refractivity contribution in [3.05, 3.63) is 0 Å². The number of carbonyl (C=O) groups is 1. The van der Waals surface area contributed by atoms with Crippen molar-refractivity contribution in [1.82, 2.24) is 15.5 Å². The van der Waals surface area contributed by atoms with Crippen LogP contribution in [0.1, 0.15) is 48.0 Å². The van der Waals surface area contributed by atoms with E-state index in [1.54, 1.807) is 4.90 Å². The minimum atomic E-state index is -2.98. The average Bonchev–Trinajstić information content (AvgIpc) is 2.47. The summed E-state index contributed by atoms with van der Waals surface area (Å²) >= 11 is 0. The number of rotatable bonds is 9. The molecule has 0 aromatic carbocycles. The van der Waals surface area contributed by atoms with Crippen molar-refractivity contribution in [2.45, 2.75) is 59.6 Å². The number of amides is 1. The zero-order chi connectivity index (χ0) is 20.4. The quantitative estimate of drug-likeness (QED) is 0.457. The molecule has 0 aliphatic carbocycles. The number of aliphatic imine (C=N–C) groups is 1. The Labute approximate surface area is 158 Å². The highest BCUT2D eigenvalue weighted by molar-refractivity contribution is 7.90. The van der Waals surface area contributed by atoms with Crippen LogP contribution in [0.2, 0.25) is 0 Å². The highest BCUT2D eigenvalue weighted by atomic mass is 32.2. The van der Waals surface area contributed by atoms with Crippen molar-refractivity contribution in [3.8, 4) is 0 Å². The number of hydrogen-bond donors (Lipinski definition) is 2. The number of hydrogen-bond acceptors (Lipinski definition) is 5. The smallest absolute Gasteiger partial charge is 0.410 e. The zero-order valence-corrected chi connectivity index (χ0v) is 18.1. The molecule has 0 spiro atoms. The number of likely N-dealkylation sites (N-methyl/N-ethyl adjacent to an activating group) is 1. The van der Waals surface area contributed by atoms with Crippen LogP contribution in [0.25, 0.3) is 0 Å². The summed E-state index contributed by atoms with van der Waals surface area (Å²) in [6.07, 6.45) is 1.38. The molecule has 0 aromatic rings. The molecule has 154 valence electrons. The standard InChI is InChI=1S/C17H36N4O4S/c1-8-18-15(20-14(3)10-13-26(7,23)24)19-11-12-21(9-2)16(22)25-17(4,5)6/h14H,8-13H2,1-7H3,(H2,18,19,20). The molecule has 0 aromatic heterocycles. The number of ether oxygens (including phenoxy) is 1. The summed E-state index contributed by atoms with van der Waals surface area (Å²) in [5.41, 5.74) is -0.528. The fraction of sp³-hybridized carbons (Fsp3) is 0.882. The molecule has 0 bridgehead atoms. The number of sulfone groups is 1. The fourth-order valence-corrected chi connectivity index (χ4v) is 2.79. The van der Waals surface area contributed by atoms with Crippen LogP contribution >= 0.6 is 0 Å². The third-order valence-electron chi connectivity index (χ3n) is 3.32. The van der Waals surface area contributed by atoms with Crippen molar-refractivity contribution in [1.29, 1.82) is 0 Å². The average molecular weight is 393 g/mol. The normalized spacial score (nSPS) is 13.9. The number of nitrogens with one attached hydrogen (secondary N) is 2. The lowest BCUT2D eigenvalue weighted by atomic mass is 10.2. The molecule has 0 fully saturated rings. The molecular weight excluding hydrogens is 356 g/mol. The summed E-state index contributed by atoms with van der Waals surface area (Å²) in [4.78, 5) is 18.2. The van der Waals surface area contributed by atoms with Crippen molar-refractivity contribution >= 4 is 21.9 Å². The van der Waals surface area contributed by atoms with Crippen LogP contribution in [-0.2, 0) is 14.6 Å². The summed E-state index contributed by atoms with van der Waals surface area (Å²) in [7, 11) is -2.98. The van der Waals surface area contributed by atoms with E-state index in [0.29, 0.717) is 38.6 Å². The minimum absolute atomic E-state index is 0.0318. The molecule has 26 heavy (non-hydrogen) atoms. The maximum absolute atomic E-state index is 12.1. The van der Waals surface area contributed by atoms with Crippen LogP contribution in [-0.4, -0.2) is 75.2 Å². The van der Waals surface area contributed by atoms with E-state index >= 15 is 0 Å². The molecular formula is C17H36N4O4S. The zero-order valence-electron chi connectivity index (χ0n) is 17.3. The van der Waals surface area contributed by atoms with Gasteiger partial charge in [0, 0.05) is 31.9 Å². The van der Waals surface area contributed by atoms with E-state index in [1.165, 1.54) is 6.26 Å². The first-order valence-electron chi connectivity index (χ1n) is 9.08. The SMILES string of the molecule is CCNC(=NCCN(CC)C(=O)OC(C)(C)C)NC(C)CCS(C)(=O)=O. The lowest BCUT2D eigenvalue weighted by Crippen LogP contribution is -2.43. The second kappa shape index (κ2) is 11.3. The molecule has 0 aliphatic heterocycles. The predicted molar refractivity (Wildman–Crippen MR) is 106 cm³/mol. The van der Waals surface area contributed by atoms with Gasteiger partial charge in [-0.2, -0.15) is 0 Å². The van der Waals surface area contributed by atoms with Crippen LogP contribution < -0.4 is 10.6 Å². The molecule has 0 rings (SSSR count). The highest BCUT2D eigenvalue weighted by Crippen LogP contribution is 2.09. The van der Waals surface area contributed by atoms with E-state index in [9.17, 15) is 13.2 Å². The summed E-state index contributed by atoms with van der Waals surface area (Å²) in [6, 6.07) is -0.0318. The van der Waals surface area contributed by atoms with E-state index in [4.69, 9.17) is 4.74 Å². The Morgan fingerprint density at radius 2 is 1.88 bits per heavy atom. The van der Waals surface area contributed by atoms with Gasteiger partial charge < -0.3 is 20.3 Å². The first kappa shape index (κ1) is 24.5. The third kappa shape index (κ3) is 12.8. The van der Waals surface area contributed by atoms with Crippen LogP contribution in [0.4, 0.5) is 4.79 Å². The van der Waals surface area contributed by atoms with Crippen LogP contribution in [0.5, 0.6) is 0 Å². The van der Waals surface area contributed by atoms with Gasteiger partial charge in [0.15, 0.2) is 5.96 Å². The van der Waals surface area contributed by atoms with Crippen LogP contribution in [0, 0.1) is 0 Å². The van der Waals surface area contributed by atoms with Crippen molar-refractivity contribution in [2.75, 3.05) is 38.2 Å². The summed E-state index contributed by atoms with van der Waals surface area (Å²) in [5, 5.41) is 6.31. The topological polar surface area (TPSA) is 100 Å². The molecule has 0 radical (unpaired) electrons. The molecule has 2 N–H and O–H groups in total. The number of carbonyl (C=O) groups excluding carboxylic acids is 1. The second-order valence-corrected chi connectivity index (χ2v) is 9.54. The van der Waals surface area contributed by atoms with Crippen LogP contribution in [0.15, 0.2) is 4.99 Å². The maximum Gasteiger partial charge on any atom is 0.410 e. The lowest BCUT2D eigenvalue weighted by molar-refractivity contribution is 0.0266. The van der Waals surface area contributed by atoms with Gasteiger partial charge in [0.2, 0.25) is 0 Å². The summed E-state index contributed by atoms with van der Waals surface area (Å²) in [6.45, 7) is 13.4. The molecule has 0 saturated heterocycles. The second-order valence-electron chi connectivity index (χ2n) is 7.28. The van der Waals surface area contributed by atoms with Gasteiger partial charge in [-0.1, -0.05) is 0 Å². The van der Waals surface area contributed by atoms with Gasteiger partial charge in [-0.05, 0) is 48.0 Å². The van der Waals surface area contributed by atoms with E-state index in [0.717, 1.165) is 0 Å². The van der Waals surface area contributed by atoms with Crippen LogP contribution in [0.3, 0.4) is 0 Å². The first-order chi connectivity index (χ1) is 11.9. The Morgan fingerprint density at radius 3 is 2.35 bits per heavy atom. The van der Waals surface area contributed by atoms with Gasteiger partial charge in [0.1, 0.15) is 15.4 Å². The Balaban J connectivity index is 4.65. The van der Waals surface area contributed by atoms with Crippen molar-refractivity contribution < 1.29 is 17.9 Å². The maximum atomic E-state index is 12.1. The molecule has 1 atom stereocenters. The fourth-order valence-electron chi connectivity index (χ4n) is 2.00. The largest absolute Gasteiger partial charge is 0.444 e. The van der Waals surface area contributed by atoms with E-state index in [1.807, 2.05) is 41.5 Å². The summed E-state index contributed by atoms with van der Waals surface area (Å²) < 4.78 is 27.9. The van der Waals surface area contributed by atoms with Gasteiger partial charge in [0.25, 0.3) is 0 Å². The van der Waals surface area contributed by atoms with Gasteiger partial charge in [-0.3, -0.25) is 4.99 Å². The van der Waals surface area contributed by atoms with E-state index < -0.39 is 15.4 Å². The Bertz CT molecular complexity index is 556. The molecule has 0 heterocycles. The van der Waals surface area contributed by atoms with Crippen molar-refractivity contribution in [2.24, 2.45) is 4.99 Å². The number of nitrogens with zero attached hydrogens (tertiary/aromatic N) is 2. The van der Waals surface area contributed by atoms with Gasteiger partial charge >= 0.3 is 6.09 Å². The predicted octanol–water partition coefficient (Wildman–Crippen LogP) is 1.62. The highest BCUT2D eigenvalue weighted by Gasteiger charge is 2.20. The third-order valence-corrected chi connectivity index (χ3v) is 4.30. The molecule has 0 aliphatic rings. The first-order valence-corrected chi connectivity index (χ1v) is 11.1. The Hall–Kier alpha value is -1.51. The molecule has 8 nitrogen and oxygen atoms in total. The Morgan fingerprint density at radius 1 is 1.27 bits per heavy atom. The molecule has 0 saturated carbocycles. The molecule has 1 unspecified atom stereocenters. The van der Waals surface area contributed by atoms with Gasteiger partial charge in [-0.15, -0.1) is 0 Å². The molecule has 9 heteroatoms.